The number of aliphatic hydroxyl groups is 1. The van der Waals surface area contributed by atoms with Crippen molar-refractivity contribution in [1.82, 2.24) is 5.32 Å². The smallest absolute Gasteiger partial charge is 0.407 e. The average Bonchev–Trinajstić information content (AvgIpc) is 2.34. The summed E-state index contributed by atoms with van der Waals surface area (Å²) < 4.78 is 11.7. The zero-order valence-corrected chi connectivity index (χ0v) is 17.7. The topological polar surface area (TPSA) is 67.8 Å². The number of alkyl carbamates (subject to hydrolysis) is 1. The lowest BCUT2D eigenvalue weighted by atomic mass is 10.2. The second-order valence-corrected chi connectivity index (χ2v) is 13.4. The summed E-state index contributed by atoms with van der Waals surface area (Å²) in [5.41, 5.74) is -0.495. The maximum atomic E-state index is 11.7. The Morgan fingerprint density at radius 1 is 1.17 bits per heavy atom. The molecule has 0 fully saturated rings. The van der Waals surface area contributed by atoms with E-state index in [1.807, 2.05) is 26.8 Å². The molecule has 0 rings (SSSR count). The molecule has 142 valence electrons. The Bertz CT molecular complexity index is 408. The van der Waals surface area contributed by atoms with Crippen LogP contribution in [0.2, 0.25) is 18.1 Å². The lowest BCUT2D eigenvalue weighted by Gasteiger charge is -2.39. The van der Waals surface area contributed by atoms with Crippen molar-refractivity contribution in [2.45, 2.75) is 84.2 Å². The van der Waals surface area contributed by atoms with Crippen LogP contribution in [-0.2, 0) is 9.16 Å². The molecule has 0 saturated heterocycles. The van der Waals surface area contributed by atoms with E-state index in [0.717, 1.165) is 6.42 Å². The van der Waals surface area contributed by atoms with Crippen LogP contribution >= 0.6 is 0 Å². The summed E-state index contributed by atoms with van der Waals surface area (Å²) in [4.78, 5) is 11.7. The Labute approximate surface area is 148 Å². The SMILES string of the molecule is CC(C)(C)OC(=O)NCC[C@@H](C/C=C\CO)O[Si](C)(C)C(C)(C)C. The molecule has 0 aromatic rings. The number of rotatable bonds is 8. The highest BCUT2D eigenvalue weighted by molar-refractivity contribution is 6.74. The number of carbonyl (C=O) groups excluding carboxylic acids is 1. The molecule has 0 aliphatic heterocycles. The Morgan fingerprint density at radius 2 is 1.75 bits per heavy atom. The van der Waals surface area contributed by atoms with E-state index in [2.05, 4.69) is 39.2 Å². The standard InChI is InChI=1S/C18H37NO4Si/c1-17(2,3)22-16(21)19-13-12-15(11-9-10-14-20)23-24(7,8)18(4,5)6/h9-10,15,20H,11-14H2,1-8H3,(H,19,21)/b10-9-/t15-/m1/s1. The zero-order valence-electron chi connectivity index (χ0n) is 16.7. The first-order chi connectivity index (χ1) is 10.8. The number of hydrogen-bond acceptors (Lipinski definition) is 4. The first-order valence-electron chi connectivity index (χ1n) is 8.69. The van der Waals surface area contributed by atoms with Gasteiger partial charge in [0.25, 0.3) is 0 Å². The highest BCUT2D eigenvalue weighted by Gasteiger charge is 2.38. The monoisotopic (exact) mass is 359 g/mol. The first kappa shape index (κ1) is 23.1. The molecule has 0 saturated carbocycles. The number of carbonyl (C=O) groups is 1. The quantitative estimate of drug-likeness (QED) is 0.503. The first-order valence-corrected chi connectivity index (χ1v) is 11.6. The van der Waals surface area contributed by atoms with Gasteiger partial charge in [0, 0.05) is 6.54 Å². The minimum absolute atomic E-state index is 0.0172. The summed E-state index contributed by atoms with van der Waals surface area (Å²) in [7, 11) is -1.88. The van der Waals surface area contributed by atoms with E-state index < -0.39 is 20.0 Å². The maximum absolute atomic E-state index is 11.7. The fraction of sp³-hybridized carbons (Fsp3) is 0.833. The van der Waals surface area contributed by atoms with Gasteiger partial charge in [-0.25, -0.2) is 4.79 Å². The van der Waals surface area contributed by atoms with Gasteiger partial charge < -0.3 is 19.6 Å². The third-order valence-corrected chi connectivity index (χ3v) is 8.61. The highest BCUT2D eigenvalue weighted by Crippen LogP contribution is 2.38. The van der Waals surface area contributed by atoms with Crippen LogP contribution in [0, 0.1) is 0 Å². The van der Waals surface area contributed by atoms with Crippen LogP contribution in [-0.4, -0.2) is 44.4 Å². The largest absolute Gasteiger partial charge is 0.444 e. The summed E-state index contributed by atoms with van der Waals surface area (Å²) in [5, 5.41) is 11.8. The van der Waals surface area contributed by atoms with Gasteiger partial charge in [0.1, 0.15) is 5.60 Å². The van der Waals surface area contributed by atoms with Crippen LogP contribution in [0.25, 0.3) is 0 Å². The van der Waals surface area contributed by atoms with Crippen molar-refractivity contribution < 1.29 is 19.1 Å². The molecule has 0 aliphatic rings. The van der Waals surface area contributed by atoms with Gasteiger partial charge in [0.2, 0.25) is 0 Å². The van der Waals surface area contributed by atoms with Gasteiger partial charge in [-0.2, -0.15) is 0 Å². The highest BCUT2D eigenvalue weighted by atomic mass is 28.4. The molecule has 1 atom stereocenters. The van der Waals surface area contributed by atoms with Crippen molar-refractivity contribution in [3.05, 3.63) is 12.2 Å². The molecule has 24 heavy (non-hydrogen) atoms. The molecule has 0 bridgehead atoms. The molecule has 0 heterocycles. The summed E-state index contributed by atoms with van der Waals surface area (Å²) >= 11 is 0. The molecule has 0 aliphatic carbocycles. The third-order valence-electron chi connectivity index (χ3n) is 4.07. The zero-order chi connectivity index (χ0) is 19.0. The summed E-state index contributed by atoms with van der Waals surface area (Å²) in [6, 6.07) is 0. The van der Waals surface area contributed by atoms with Crippen molar-refractivity contribution in [3.63, 3.8) is 0 Å². The molecular formula is C18H37NO4Si. The van der Waals surface area contributed by atoms with Crippen LogP contribution < -0.4 is 5.32 Å². The van der Waals surface area contributed by atoms with Gasteiger partial charge in [0.05, 0.1) is 12.7 Å². The maximum Gasteiger partial charge on any atom is 0.407 e. The van der Waals surface area contributed by atoms with Crippen LogP contribution in [0.5, 0.6) is 0 Å². The van der Waals surface area contributed by atoms with Gasteiger partial charge in [-0.05, 0) is 51.7 Å². The van der Waals surface area contributed by atoms with Crippen molar-refractivity contribution in [2.24, 2.45) is 0 Å². The molecule has 2 N–H and O–H groups in total. The lowest BCUT2D eigenvalue weighted by molar-refractivity contribution is 0.0520. The Hall–Kier alpha value is -0.853. The second-order valence-electron chi connectivity index (χ2n) is 8.61. The Balaban J connectivity index is 4.63. The predicted molar refractivity (Wildman–Crippen MR) is 102 cm³/mol. The van der Waals surface area contributed by atoms with E-state index in [0.29, 0.717) is 13.0 Å². The van der Waals surface area contributed by atoms with Crippen molar-refractivity contribution in [1.29, 1.82) is 0 Å². The van der Waals surface area contributed by atoms with Gasteiger partial charge in [-0.1, -0.05) is 32.9 Å². The van der Waals surface area contributed by atoms with E-state index in [4.69, 9.17) is 14.3 Å². The molecule has 1 amide bonds. The van der Waals surface area contributed by atoms with E-state index in [1.54, 1.807) is 6.08 Å². The van der Waals surface area contributed by atoms with Crippen LogP contribution in [0.15, 0.2) is 12.2 Å². The van der Waals surface area contributed by atoms with E-state index >= 15 is 0 Å². The fourth-order valence-corrected chi connectivity index (χ4v) is 3.19. The van der Waals surface area contributed by atoms with E-state index in [-0.39, 0.29) is 17.7 Å². The Kier molecular flexibility index (Phi) is 9.24. The third kappa shape index (κ3) is 10.1. The van der Waals surface area contributed by atoms with Crippen LogP contribution in [0.1, 0.15) is 54.4 Å². The van der Waals surface area contributed by atoms with Crippen LogP contribution in [0.4, 0.5) is 4.79 Å². The fourth-order valence-electron chi connectivity index (χ4n) is 1.79. The number of hydrogen-bond donors (Lipinski definition) is 2. The molecule has 0 aromatic heterocycles. The summed E-state index contributed by atoms with van der Waals surface area (Å²) in [5.74, 6) is 0. The van der Waals surface area contributed by atoms with Crippen LogP contribution in [0.3, 0.4) is 0 Å². The average molecular weight is 360 g/mol. The second kappa shape index (κ2) is 9.58. The number of nitrogens with one attached hydrogen (secondary N) is 1. The molecule has 0 spiro atoms. The number of aliphatic hydroxyl groups excluding tert-OH is 1. The molecule has 0 radical (unpaired) electrons. The predicted octanol–water partition coefficient (Wildman–Crippen LogP) is 4.23. The van der Waals surface area contributed by atoms with Crippen molar-refractivity contribution in [2.75, 3.05) is 13.2 Å². The van der Waals surface area contributed by atoms with Gasteiger partial charge in [-0.3, -0.25) is 0 Å². The Morgan fingerprint density at radius 3 is 2.21 bits per heavy atom. The molecule has 0 unspecified atom stereocenters. The number of amides is 1. The number of ether oxygens (including phenoxy) is 1. The van der Waals surface area contributed by atoms with Crippen molar-refractivity contribution in [3.8, 4) is 0 Å². The lowest BCUT2D eigenvalue weighted by Crippen LogP contribution is -2.44. The molecule has 6 heteroatoms. The molecular weight excluding hydrogens is 322 g/mol. The minimum Gasteiger partial charge on any atom is -0.444 e. The summed E-state index contributed by atoms with van der Waals surface area (Å²) in [6.45, 7) is 17.1. The molecule has 5 nitrogen and oxygen atoms in total. The molecule has 0 aromatic carbocycles. The normalized spacial score (nSPS) is 14.7. The summed E-state index contributed by atoms with van der Waals surface area (Å²) in [6.07, 6.45) is 4.71. The van der Waals surface area contributed by atoms with E-state index in [9.17, 15) is 4.79 Å². The van der Waals surface area contributed by atoms with Gasteiger partial charge in [-0.15, -0.1) is 0 Å². The van der Waals surface area contributed by atoms with E-state index in [1.165, 1.54) is 0 Å². The van der Waals surface area contributed by atoms with Gasteiger partial charge in [0.15, 0.2) is 8.32 Å². The van der Waals surface area contributed by atoms with Gasteiger partial charge >= 0.3 is 6.09 Å². The van der Waals surface area contributed by atoms with Crippen molar-refractivity contribution >= 4 is 14.4 Å². The minimum atomic E-state index is -1.88.